The Morgan fingerprint density at radius 1 is 0.583 bits per heavy atom. The summed E-state index contributed by atoms with van der Waals surface area (Å²) in [5.41, 5.74) is 0. The van der Waals surface area contributed by atoms with Crippen LogP contribution in [0.15, 0.2) is 25.3 Å². The van der Waals surface area contributed by atoms with Crippen LogP contribution in [0.3, 0.4) is 0 Å². The summed E-state index contributed by atoms with van der Waals surface area (Å²) in [6.45, 7) is 17.4. The number of rotatable bonds is 18. The molecule has 24 heavy (non-hydrogen) atoms. The van der Waals surface area contributed by atoms with Crippen LogP contribution in [0, 0.1) is 0 Å². The van der Waals surface area contributed by atoms with Crippen molar-refractivity contribution in [2.45, 2.75) is 90.9 Å². The van der Waals surface area contributed by atoms with Crippen molar-refractivity contribution in [1.82, 2.24) is 0 Å². The second-order valence-corrected chi connectivity index (χ2v) is 7.27. The van der Waals surface area contributed by atoms with Crippen molar-refractivity contribution in [3.05, 3.63) is 25.3 Å². The number of hydrogen-bond donors (Lipinski definition) is 0. The highest BCUT2D eigenvalue weighted by molar-refractivity contribution is 4.72. The van der Waals surface area contributed by atoms with Gasteiger partial charge < -0.3 is 21.5 Å². The number of quaternary nitrogens is 1. The zero-order valence-corrected chi connectivity index (χ0v) is 18.3. The molecule has 0 N–H and O–H groups in total. The lowest BCUT2D eigenvalue weighted by Crippen LogP contribution is -3.00. The topological polar surface area (TPSA) is 0 Å². The SMILES string of the molecule is C=CC[N+](CC=C)(CCCCCCCC)CCCCCCCC.[Br-]. The van der Waals surface area contributed by atoms with Crippen molar-refractivity contribution in [2.24, 2.45) is 0 Å². The van der Waals surface area contributed by atoms with E-state index in [1.165, 1.54) is 94.6 Å². The summed E-state index contributed by atoms with van der Waals surface area (Å²) in [4.78, 5) is 0. The van der Waals surface area contributed by atoms with Crippen LogP contribution in [0.5, 0.6) is 0 Å². The lowest BCUT2D eigenvalue weighted by Gasteiger charge is -2.37. The first-order valence-corrected chi connectivity index (χ1v) is 10.3. The van der Waals surface area contributed by atoms with E-state index in [0.29, 0.717) is 0 Å². The molecule has 0 aromatic heterocycles. The first kappa shape index (κ1) is 26.2. The Balaban J connectivity index is 0. The Labute approximate surface area is 164 Å². The Morgan fingerprint density at radius 2 is 0.917 bits per heavy atom. The lowest BCUT2D eigenvalue weighted by molar-refractivity contribution is -0.917. The Morgan fingerprint density at radius 3 is 1.25 bits per heavy atom. The largest absolute Gasteiger partial charge is 1.00 e. The molecule has 0 aliphatic heterocycles. The second-order valence-electron chi connectivity index (χ2n) is 7.27. The highest BCUT2D eigenvalue weighted by atomic mass is 79.9. The van der Waals surface area contributed by atoms with Crippen LogP contribution in [0.25, 0.3) is 0 Å². The summed E-state index contributed by atoms with van der Waals surface area (Å²) in [5.74, 6) is 0. The van der Waals surface area contributed by atoms with Gasteiger partial charge in [0.2, 0.25) is 0 Å². The van der Waals surface area contributed by atoms with Gasteiger partial charge in [-0.15, -0.1) is 0 Å². The van der Waals surface area contributed by atoms with Crippen molar-refractivity contribution in [1.29, 1.82) is 0 Å². The van der Waals surface area contributed by atoms with Crippen molar-refractivity contribution < 1.29 is 21.5 Å². The van der Waals surface area contributed by atoms with Gasteiger partial charge in [-0.2, -0.15) is 0 Å². The van der Waals surface area contributed by atoms with Crippen LogP contribution >= 0.6 is 0 Å². The summed E-state index contributed by atoms with van der Waals surface area (Å²) in [7, 11) is 0. The average Bonchev–Trinajstić information content (AvgIpc) is 2.54. The molecule has 0 aromatic carbocycles. The van der Waals surface area contributed by atoms with Gasteiger partial charge in [0.25, 0.3) is 0 Å². The average molecular weight is 403 g/mol. The fraction of sp³-hybridized carbons (Fsp3) is 0.818. The fourth-order valence-corrected chi connectivity index (χ4v) is 3.55. The standard InChI is InChI=1S/C22H44N.BrH/c1-5-9-11-13-15-17-21-23(19-7-3,20-8-4)22-18-16-14-12-10-6-2;/h7-8H,3-6,9-22H2,1-2H3;1H/q+1;/p-1. The molecule has 0 heterocycles. The van der Waals surface area contributed by atoms with Gasteiger partial charge in [0, 0.05) is 0 Å². The van der Waals surface area contributed by atoms with Crippen molar-refractivity contribution in [3.8, 4) is 0 Å². The fourth-order valence-electron chi connectivity index (χ4n) is 3.55. The third kappa shape index (κ3) is 14.3. The molecule has 0 aromatic rings. The predicted molar refractivity (Wildman–Crippen MR) is 107 cm³/mol. The lowest BCUT2D eigenvalue weighted by atomic mass is 10.1. The molecule has 0 unspecified atom stereocenters. The molecule has 144 valence electrons. The molecule has 0 rings (SSSR count). The van der Waals surface area contributed by atoms with Crippen LogP contribution in [0.2, 0.25) is 0 Å². The van der Waals surface area contributed by atoms with Crippen molar-refractivity contribution >= 4 is 0 Å². The van der Waals surface area contributed by atoms with E-state index < -0.39 is 0 Å². The van der Waals surface area contributed by atoms with E-state index in [2.05, 4.69) is 39.2 Å². The van der Waals surface area contributed by atoms with E-state index in [9.17, 15) is 0 Å². The van der Waals surface area contributed by atoms with E-state index in [0.717, 1.165) is 13.1 Å². The van der Waals surface area contributed by atoms with Crippen LogP contribution in [-0.2, 0) is 0 Å². The second kappa shape index (κ2) is 19.2. The van der Waals surface area contributed by atoms with E-state index >= 15 is 0 Å². The van der Waals surface area contributed by atoms with Gasteiger partial charge in [0.05, 0.1) is 26.2 Å². The van der Waals surface area contributed by atoms with Gasteiger partial charge in [0.1, 0.15) is 0 Å². The predicted octanol–water partition coefficient (Wildman–Crippen LogP) is 3.90. The van der Waals surface area contributed by atoms with Gasteiger partial charge in [0.15, 0.2) is 0 Å². The summed E-state index contributed by atoms with van der Waals surface area (Å²) in [6.07, 6.45) is 20.9. The Bertz CT molecular complexity index is 247. The zero-order chi connectivity index (χ0) is 17.2. The molecule has 1 nitrogen and oxygen atoms in total. The van der Waals surface area contributed by atoms with Gasteiger partial charge >= 0.3 is 0 Å². The number of hydrogen-bond acceptors (Lipinski definition) is 0. The maximum atomic E-state index is 4.02. The van der Waals surface area contributed by atoms with Crippen LogP contribution in [0.1, 0.15) is 90.9 Å². The first-order chi connectivity index (χ1) is 11.2. The molecule has 0 bridgehead atoms. The van der Waals surface area contributed by atoms with E-state index in [1.807, 2.05) is 0 Å². The molecule has 2 heteroatoms. The molecule has 0 fully saturated rings. The molecular formula is C22H44BrN. The summed E-state index contributed by atoms with van der Waals surface area (Å²) in [5, 5.41) is 0. The van der Waals surface area contributed by atoms with Crippen LogP contribution in [0.4, 0.5) is 0 Å². The highest BCUT2D eigenvalue weighted by Crippen LogP contribution is 2.16. The quantitative estimate of drug-likeness (QED) is 0.185. The smallest absolute Gasteiger partial charge is 0.0973 e. The van der Waals surface area contributed by atoms with E-state index in [1.54, 1.807) is 0 Å². The molecular weight excluding hydrogens is 358 g/mol. The summed E-state index contributed by atoms with van der Waals surface area (Å²) in [6, 6.07) is 0. The molecule has 0 radical (unpaired) electrons. The molecule has 0 saturated carbocycles. The minimum absolute atomic E-state index is 0. The minimum Gasteiger partial charge on any atom is -1.00 e. The third-order valence-corrected chi connectivity index (χ3v) is 5.00. The van der Waals surface area contributed by atoms with Crippen LogP contribution in [-0.4, -0.2) is 30.7 Å². The van der Waals surface area contributed by atoms with Gasteiger partial charge in [-0.25, -0.2) is 0 Å². The van der Waals surface area contributed by atoms with Gasteiger partial charge in [-0.1, -0.05) is 78.4 Å². The molecule has 0 atom stereocenters. The molecule has 0 saturated heterocycles. The molecule has 0 aliphatic carbocycles. The maximum absolute atomic E-state index is 4.02. The van der Waals surface area contributed by atoms with Gasteiger partial charge in [-0.05, 0) is 37.8 Å². The van der Waals surface area contributed by atoms with Gasteiger partial charge in [-0.3, -0.25) is 0 Å². The number of nitrogens with zero attached hydrogens (tertiary/aromatic N) is 1. The van der Waals surface area contributed by atoms with Crippen molar-refractivity contribution in [2.75, 3.05) is 26.2 Å². The summed E-state index contributed by atoms with van der Waals surface area (Å²) >= 11 is 0. The number of halogens is 1. The normalized spacial score (nSPS) is 11.1. The van der Waals surface area contributed by atoms with E-state index in [-0.39, 0.29) is 17.0 Å². The monoisotopic (exact) mass is 401 g/mol. The van der Waals surface area contributed by atoms with Crippen LogP contribution < -0.4 is 17.0 Å². The summed E-state index contributed by atoms with van der Waals surface area (Å²) < 4.78 is 1.19. The van der Waals surface area contributed by atoms with Crippen molar-refractivity contribution in [3.63, 3.8) is 0 Å². The third-order valence-electron chi connectivity index (χ3n) is 5.00. The maximum Gasteiger partial charge on any atom is 0.0973 e. The zero-order valence-electron chi connectivity index (χ0n) is 16.7. The molecule has 0 aliphatic rings. The molecule has 0 spiro atoms. The highest BCUT2D eigenvalue weighted by Gasteiger charge is 2.23. The first-order valence-electron chi connectivity index (χ1n) is 10.3. The Hall–Kier alpha value is -0.0800. The minimum atomic E-state index is 0. The number of unbranched alkanes of at least 4 members (excludes halogenated alkanes) is 10. The van der Waals surface area contributed by atoms with E-state index in [4.69, 9.17) is 0 Å². The molecule has 0 amide bonds. The Kier molecular flexibility index (Phi) is 21.0.